The van der Waals surface area contributed by atoms with E-state index in [1.54, 1.807) is 14.0 Å². The molecule has 0 aliphatic carbocycles. The number of nitrogens with zero attached hydrogens (tertiary/aromatic N) is 1. The number of hydrogen-bond acceptors (Lipinski definition) is 4. The fraction of sp³-hybridized carbons (Fsp3) is 0.368. The smallest absolute Gasteiger partial charge is 0.311 e. The van der Waals surface area contributed by atoms with Crippen molar-refractivity contribution in [1.82, 2.24) is 4.90 Å². The molecular weight excluding hydrogens is 322 g/mol. The highest BCUT2D eigenvalue weighted by atomic mass is 16.5. The van der Waals surface area contributed by atoms with Crippen molar-refractivity contribution < 1.29 is 23.8 Å². The molecule has 0 spiro atoms. The lowest BCUT2D eigenvalue weighted by molar-refractivity contribution is -0.136. The van der Waals surface area contributed by atoms with E-state index >= 15 is 0 Å². The summed E-state index contributed by atoms with van der Waals surface area (Å²) < 4.78 is 10.9. The normalized spacial score (nSPS) is 10.8. The Kier molecular flexibility index (Phi) is 5.85. The predicted octanol–water partition coefficient (Wildman–Crippen LogP) is 3.27. The number of benzene rings is 1. The Labute approximate surface area is 147 Å². The van der Waals surface area contributed by atoms with Gasteiger partial charge < -0.3 is 19.2 Å². The van der Waals surface area contributed by atoms with Gasteiger partial charge in [0, 0.05) is 19.2 Å². The van der Waals surface area contributed by atoms with Crippen molar-refractivity contribution in [1.29, 1.82) is 0 Å². The molecule has 2 rings (SSSR count). The number of furan rings is 1. The largest absolute Gasteiger partial charge is 0.491 e. The second-order valence-corrected chi connectivity index (χ2v) is 6.26. The quantitative estimate of drug-likeness (QED) is 0.833. The second-order valence-electron chi connectivity index (χ2n) is 6.26. The Morgan fingerprint density at radius 1 is 1.32 bits per heavy atom. The van der Waals surface area contributed by atoms with Gasteiger partial charge in [-0.3, -0.25) is 9.59 Å². The predicted molar refractivity (Wildman–Crippen MR) is 92.8 cm³/mol. The minimum absolute atomic E-state index is 0.0711. The first-order valence-corrected chi connectivity index (χ1v) is 8.07. The van der Waals surface area contributed by atoms with Crippen molar-refractivity contribution in [3.05, 3.63) is 53.0 Å². The molecule has 0 aliphatic rings. The SMILES string of the molecule is Cc1coc(CC(=O)O)c1C(=O)N(C)Cc1cccc(OC(C)C)c1. The molecule has 134 valence electrons. The molecule has 1 heterocycles. The van der Waals surface area contributed by atoms with E-state index in [2.05, 4.69) is 0 Å². The Morgan fingerprint density at radius 2 is 2.04 bits per heavy atom. The van der Waals surface area contributed by atoms with Crippen LogP contribution in [0.15, 0.2) is 34.9 Å². The maximum absolute atomic E-state index is 12.7. The Bertz CT molecular complexity index is 763. The lowest BCUT2D eigenvalue weighted by Gasteiger charge is -2.18. The van der Waals surface area contributed by atoms with Crippen LogP contribution in [0.2, 0.25) is 0 Å². The molecule has 0 aliphatic heterocycles. The number of aliphatic carboxylic acids is 1. The molecule has 0 unspecified atom stereocenters. The van der Waals surface area contributed by atoms with Crippen molar-refractivity contribution in [3.63, 3.8) is 0 Å². The van der Waals surface area contributed by atoms with E-state index in [4.69, 9.17) is 14.3 Å². The number of hydrogen-bond donors (Lipinski definition) is 1. The molecule has 6 heteroatoms. The summed E-state index contributed by atoms with van der Waals surface area (Å²) >= 11 is 0. The summed E-state index contributed by atoms with van der Waals surface area (Å²) in [5.41, 5.74) is 1.87. The molecular formula is C19H23NO5. The Hall–Kier alpha value is -2.76. The molecule has 0 saturated heterocycles. The first-order valence-electron chi connectivity index (χ1n) is 8.07. The molecule has 1 aromatic carbocycles. The van der Waals surface area contributed by atoms with Gasteiger partial charge >= 0.3 is 5.97 Å². The third-order valence-corrected chi connectivity index (χ3v) is 3.61. The lowest BCUT2D eigenvalue weighted by Crippen LogP contribution is -2.27. The van der Waals surface area contributed by atoms with Crippen LogP contribution < -0.4 is 4.74 Å². The Morgan fingerprint density at radius 3 is 2.68 bits per heavy atom. The van der Waals surface area contributed by atoms with E-state index in [0.717, 1.165) is 11.3 Å². The third kappa shape index (κ3) is 4.86. The van der Waals surface area contributed by atoms with Gasteiger partial charge in [-0.2, -0.15) is 0 Å². The second kappa shape index (κ2) is 7.88. The fourth-order valence-corrected chi connectivity index (χ4v) is 2.58. The van der Waals surface area contributed by atoms with E-state index in [1.165, 1.54) is 11.2 Å². The van der Waals surface area contributed by atoms with Crippen LogP contribution in [0.4, 0.5) is 0 Å². The van der Waals surface area contributed by atoms with Crippen LogP contribution in [0.5, 0.6) is 5.75 Å². The number of carbonyl (C=O) groups is 2. The van der Waals surface area contributed by atoms with Crippen molar-refractivity contribution in [2.75, 3.05) is 7.05 Å². The molecule has 1 N–H and O–H groups in total. The molecule has 0 bridgehead atoms. The molecule has 0 fully saturated rings. The van der Waals surface area contributed by atoms with E-state index in [1.807, 2.05) is 38.1 Å². The van der Waals surface area contributed by atoms with E-state index in [9.17, 15) is 9.59 Å². The summed E-state index contributed by atoms with van der Waals surface area (Å²) in [5.74, 6) is -0.375. The summed E-state index contributed by atoms with van der Waals surface area (Å²) in [6, 6.07) is 7.56. The molecule has 0 atom stereocenters. The van der Waals surface area contributed by atoms with E-state index in [-0.39, 0.29) is 24.2 Å². The van der Waals surface area contributed by atoms with Gasteiger partial charge in [0.2, 0.25) is 0 Å². The average Bonchev–Trinajstić information content (AvgIpc) is 2.86. The zero-order valence-corrected chi connectivity index (χ0v) is 14.9. The molecule has 2 aromatic rings. The molecule has 1 aromatic heterocycles. The number of amides is 1. The summed E-state index contributed by atoms with van der Waals surface area (Å²) in [4.78, 5) is 25.2. The highest BCUT2D eigenvalue weighted by molar-refractivity contribution is 5.97. The van der Waals surface area contributed by atoms with Crippen LogP contribution >= 0.6 is 0 Å². The van der Waals surface area contributed by atoms with E-state index in [0.29, 0.717) is 17.7 Å². The van der Waals surface area contributed by atoms with Gasteiger partial charge in [-0.25, -0.2) is 0 Å². The van der Waals surface area contributed by atoms with Gasteiger partial charge in [0.05, 0.1) is 17.9 Å². The minimum Gasteiger partial charge on any atom is -0.491 e. The standard InChI is InChI=1S/C19H23NO5/c1-12(2)25-15-7-5-6-14(8-15)10-20(4)19(23)18-13(3)11-24-16(18)9-17(21)22/h5-8,11-12H,9-10H2,1-4H3,(H,21,22). The summed E-state index contributed by atoms with van der Waals surface area (Å²) in [6.45, 7) is 6.01. The van der Waals surface area contributed by atoms with Crippen LogP contribution in [-0.4, -0.2) is 35.0 Å². The monoisotopic (exact) mass is 345 g/mol. The number of ether oxygens (including phenoxy) is 1. The van der Waals surface area contributed by atoms with Gasteiger partial charge in [-0.1, -0.05) is 12.1 Å². The highest BCUT2D eigenvalue weighted by Crippen LogP contribution is 2.21. The van der Waals surface area contributed by atoms with Crippen molar-refractivity contribution in [2.45, 2.75) is 39.8 Å². The average molecular weight is 345 g/mol. The van der Waals surface area contributed by atoms with Crippen LogP contribution in [0.3, 0.4) is 0 Å². The molecule has 0 radical (unpaired) electrons. The Balaban J connectivity index is 2.16. The zero-order valence-electron chi connectivity index (χ0n) is 14.9. The van der Waals surface area contributed by atoms with Crippen LogP contribution in [0, 0.1) is 6.92 Å². The van der Waals surface area contributed by atoms with Crippen LogP contribution in [0.1, 0.15) is 41.1 Å². The molecule has 6 nitrogen and oxygen atoms in total. The molecule has 1 amide bonds. The van der Waals surface area contributed by atoms with Gasteiger partial charge in [-0.05, 0) is 38.5 Å². The van der Waals surface area contributed by atoms with Crippen molar-refractivity contribution in [2.24, 2.45) is 0 Å². The summed E-state index contributed by atoms with van der Waals surface area (Å²) in [5, 5.41) is 8.96. The number of aryl methyl sites for hydroxylation is 1. The summed E-state index contributed by atoms with van der Waals surface area (Å²) in [7, 11) is 1.68. The third-order valence-electron chi connectivity index (χ3n) is 3.61. The zero-order chi connectivity index (χ0) is 18.6. The number of carbonyl (C=O) groups excluding carboxylic acids is 1. The maximum Gasteiger partial charge on any atom is 0.311 e. The number of rotatable bonds is 7. The van der Waals surface area contributed by atoms with Gasteiger partial charge in [0.25, 0.3) is 5.91 Å². The van der Waals surface area contributed by atoms with Gasteiger partial charge in [-0.15, -0.1) is 0 Å². The fourth-order valence-electron chi connectivity index (χ4n) is 2.58. The van der Waals surface area contributed by atoms with Gasteiger partial charge in [0.1, 0.15) is 17.9 Å². The van der Waals surface area contributed by atoms with Crippen molar-refractivity contribution >= 4 is 11.9 Å². The van der Waals surface area contributed by atoms with Crippen LogP contribution in [-0.2, 0) is 17.8 Å². The maximum atomic E-state index is 12.7. The lowest BCUT2D eigenvalue weighted by atomic mass is 10.1. The van der Waals surface area contributed by atoms with E-state index < -0.39 is 5.97 Å². The summed E-state index contributed by atoms with van der Waals surface area (Å²) in [6.07, 6.45) is 1.17. The number of carboxylic acid groups (broad SMARTS) is 1. The molecule has 25 heavy (non-hydrogen) atoms. The first kappa shape index (κ1) is 18.6. The minimum atomic E-state index is -1.04. The van der Waals surface area contributed by atoms with Crippen molar-refractivity contribution in [3.8, 4) is 5.75 Å². The van der Waals surface area contributed by atoms with Crippen LogP contribution in [0.25, 0.3) is 0 Å². The topological polar surface area (TPSA) is 80.0 Å². The van der Waals surface area contributed by atoms with Gasteiger partial charge in [0.15, 0.2) is 0 Å². The first-order chi connectivity index (χ1) is 11.8. The highest BCUT2D eigenvalue weighted by Gasteiger charge is 2.23. The molecule has 0 saturated carbocycles. The number of carboxylic acids is 1.